The zero-order valence-electron chi connectivity index (χ0n) is 9.88. The Morgan fingerprint density at radius 3 is 2.46 bits per heavy atom. The van der Waals surface area contributed by atoms with E-state index in [9.17, 15) is 0 Å². The predicted octanol–water partition coefficient (Wildman–Crippen LogP) is 1.91. The van der Waals surface area contributed by atoms with Crippen LogP contribution in [0, 0.1) is 0 Å². The van der Waals surface area contributed by atoms with Crippen molar-refractivity contribution in [2.75, 3.05) is 26.8 Å². The quantitative estimate of drug-likeness (QED) is 0.607. The monoisotopic (exact) mass is 185 g/mol. The van der Waals surface area contributed by atoms with Crippen LogP contribution in [-0.4, -0.2) is 48.3 Å². The normalized spacial score (nSPS) is 38.1. The molecule has 2 heteroatoms. The fourth-order valence-corrected chi connectivity index (χ4v) is 2.14. The Balaban J connectivity index is 2.59. The Labute approximate surface area is 83.1 Å². The minimum absolute atomic E-state index is 0.758. The number of likely N-dealkylation sites (N-methyl/N-ethyl adjacent to an activating group) is 1. The first kappa shape index (κ1) is 11.0. The average Bonchev–Trinajstić information content (AvgIpc) is 2.43. The van der Waals surface area contributed by atoms with Gasteiger partial charge in [0, 0.05) is 6.04 Å². The van der Waals surface area contributed by atoms with Crippen LogP contribution >= 0.6 is 0 Å². The molecule has 1 fully saturated rings. The lowest BCUT2D eigenvalue weighted by Crippen LogP contribution is -2.48. The largest absolute Gasteiger partial charge is 0.310 e. The summed E-state index contributed by atoms with van der Waals surface area (Å²) < 4.78 is 1.23. The molecule has 1 aliphatic heterocycles. The third-order valence-corrected chi connectivity index (χ3v) is 4.00. The molecular weight excluding hydrogens is 160 g/mol. The van der Waals surface area contributed by atoms with Crippen LogP contribution in [0.2, 0.25) is 0 Å². The number of quaternary nitrogens is 1. The van der Waals surface area contributed by atoms with Gasteiger partial charge in [-0.3, -0.25) is 0 Å². The molecule has 0 saturated carbocycles. The summed E-state index contributed by atoms with van der Waals surface area (Å²) in [7, 11) is 2.38. The minimum Gasteiger partial charge on any atom is -0.310 e. The molecule has 1 aliphatic rings. The van der Waals surface area contributed by atoms with E-state index in [4.69, 9.17) is 0 Å². The van der Waals surface area contributed by atoms with Crippen LogP contribution < -0.4 is 0 Å². The molecule has 0 aromatic heterocycles. The topological polar surface area (TPSA) is 3.24 Å². The highest BCUT2D eigenvalue weighted by Gasteiger charge is 2.39. The first-order chi connectivity index (χ1) is 6.03. The zero-order valence-corrected chi connectivity index (χ0v) is 9.88. The molecule has 2 nitrogen and oxygen atoms in total. The maximum Gasteiger partial charge on any atom is 0.135 e. The van der Waals surface area contributed by atoms with E-state index in [0.717, 1.165) is 12.1 Å². The van der Waals surface area contributed by atoms with Gasteiger partial charge in [0.25, 0.3) is 0 Å². The van der Waals surface area contributed by atoms with Crippen LogP contribution in [0.5, 0.6) is 0 Å². The molecule has 78 valence electrons. The van der Waals surface area contributed by atoms with E-state index < -0.39 is 0 Å². The number of hydrogen-bond acceptors (Lipinski definition) is 1. The number of rotatable bonds is 3. The molecule has 13 heavy (non-hydrogen) atoms. The molecule has 0 amide bonds. The fourth-order valence-electron chi connectivity index (χ4n) is 2.14. The van der Waals surface area contributed by atoms with Gasteiger partial charge in [0.15, 0.2) is 0 Å². The zero-order chi connectivity index (χ0) is 10.1. The molecule has 0 aromatic rings. The average molecular weight is 185 g/mol. The van der Waals surface area contributed by atoms with E-state index in [-0.39, 0.29) is 0 Å². The Kier molecular flexibility index (Phi) is 3.36. The minimum atomic E-state index is 0.758. The Hall–Kier alpha value is -0.0800. The molecule has 1 saturated heterocycles. The van der Waals surface area contributed by atoms with Crippen molar-refractivity contribution in [3.8, 4) is 0 Å². The third kappa shape index (κ3) is 2.05. The molecule has 3 atom stereocenters. The van der Waals surface area contributed by atoms with Crippen LogP contribution in [0.4, 0.5) is 0 Å². The maximum absolute atomic E-state index is 2.63. The van der Waals surface area contributed by atoms with E-state index >= 15 is 0 Å². The van der Waals surface area contributed by atoms with Crippen molar-refractivity contribution < 1.29 is 4.48 Å². The number of nitrogens with zero attached hydrogens (tertiary/aromatic N) is 2. The van der Waals surface area contributed by atoms with Crippen LogP contribution in [-0.2, 0) is 0 Å². The van der Waals surface area contributed by atoms with E-state index in [2.05, 4.69) is 39.6 Å². The van der Waals surface area contributed by atoms with Gasteiger partial charge >= 0.3 is 0 Å². The van der Waals surface area contributed by atoms with Gasteiger partial charge < -0.3 is 4.48 Å². The second-order valence-corrected chi connectivity index (χ2v) is 4.81. The lowest BCUT2D eigenvalue weighted by molar-refractivity contribution is -0.921. The molecule has 0 aromatic carbocycles. The van der Waals surface area contributed by atoms with Crippen molar-refractivity contribution in [2.45, 2.75) is 46.2 Å². The smallest absolute Gasteiger partial charge is 0.135 e. The van der Waals surface area contributed by atoms with Gasteiger partial charge in [-0.05, 0) is 27.2 Å². The van der Waals surface area contributed by atoms with E-state index in [1.807, 2.05) is 0 Å². The second-order valence-electron chi connectivity index (χ2n) is 4.81. The predicted molar refractivity (Wildman–Crippen MR) is 57.5 cm³/mol. The molecule has 0 spiro atoms. The Bertz CT molecular complexity index is 169. The summed E-state index contributed by atoms with van der Waals surface area (Å²) in [5.41, 5.74) is 0. The van der Waals surface area contributed by atoms with Crippen LogP contribution in [0.15, 0.2) is 0 Å². The molecule has 1 heterocycles. The third-order valence-electron chi connectivity index (χ3n) is 4.00. The maximum atomic E-state index is 2.63. The van der Waals surface area contributed by atoms with Crippen molar-refractivity contribution in [2.24, 2.45) is 0 Å². The first-order valence-electron chi connectivity index (χ1n) is 5.61. The summed E-state index contributed by atoms with van der Waals surface area (Å²) >= 11 is 0. The molecule has 1 rings (SSSR count). The summed E-state index contributed by atoms with van der Waals surface area (Å²) in [4.78, 5) is 2.63. The standard InChI is InChI=1S/C11H25N2/c1-6-10(3)12-8-11(4)13(5,7-2)9-12/h10-11H,6-9H2,1-5H3/q+1/t10?,11?,13-/m0/s1. The highest BCUT2D eigenvalue weighted by atomic mass is 15.5. The number of hydrogen-bond donors (Lipinski definition) is 0. The SMILES string of the molecule is CCC(C)N1CC(C)[N@@+](C)(CC)C1. The Morgan fingerprint density at radius 2 is 2.08 bits per heavy atom. The van der Waals surface area contributed by atoms with Gasteiger partial charge in [0.2, 0.25) is 0 Å². The van der Waals surface area contributed by atoms with Crippen LogP contribution in [0.1, 0.15) is 34.1 Å². The van der Waals surface area contributed by atoms with Crippen LogP contribution in [0.3, 0.4) is 0 Å². The van der Waals surface area contributed by atoms with Crippen LogP contribution in [0.25, 0.3) is 0 Å². The molecule has 0 radical (unpaired) electrons. The molecule has 0 bridgehead atoms. The highest BCUT2D eigenvalue weighted by Crippen LogP contribution is 2.22. The molecule has 0 N–H and O–H groups in total. The Morgan fingerprint density at radius 1 is 1.46 bits per heavy atom. The van der Waals surface area contributed by atoms with Crippen molar-refractivity contribution in [3.05, 3.63) is 0 Å². The van der Waals surface area contributed by atoms with Gasteiger partial charge in [0.1, 0.15) is 12.7 Å². The molecular formula is C11H25N2+. The van der Waals surface area contributed by atoms with Gasteiger partial charge in [0.05, 0.1) is 20.1 Å². The van der Waals surface area contributed by atoms with Crippen molar-refractivity contribution in [1.82, 2.24) is 4.90 Å². The van der Waals surface area contributed by atoms with E-state index in [1.54, 1.807) is 0 Å². The summed E-state index contributed by atoms with van der Waals surface area (Å²) in [5.74, 6) is 0. The lowest BCUT2D eigenvalue weighted by atomic mass is 10.2. The van der Waals surface area contributed by atoms with Gasteiger partial charge in [-0.1, -0.05) is 6.92 Å². The summed E-state index contributed by atoms with van der Waals surface area (Å²) in [5, 5.41) is 0. The van der Waals surface area contributed by atoms with E-state index in [1.165, 1.54) is 30.7 Å². The van der Waals surface area contributed by atoms with Gasteiger partial charge in [-0.2, -0.15) is 0 Å². The van der Waals surface area contributed by atoms with Crippen molar-refractivity contribution in [3.63, 3.8) is 0 Å². The second kappa shape index (κ2) is 3.97. The highest BCUT2D eigenvalue weighted by molar-refractivity contribution is 4.72. The summed E-state index contributed by atoms with van der Waals surface area (Å²) in [6, 6.07) is 1.56. The van der Waals surface area contributed by atoms with Crippen molar-refractivity contribution >= 4 is 0 Å². The fraction of sp³-hybridized carbons (Fsp3) is 1.00. The summed E-state index contributed by atoms with van der Waals surface area (Å²) in [6.45, 7) is 13.1. The van der Waals surface area contributed by atoms with Gasteiger partial charge in [-0.15, -0.1) is 0 Å². The first-order valence-corrected chi connectivity index (χ1v) is 5.61. The van der Waals surface area contributed by atoms with Crippen molar-refractivity contribution in [1.29, 1.82) is 0 Å². The van der Waals surface area contributed by atoms with Gasteiger partial charge in [-0.25, -0.2) is 4.90 Å². The lowest BCUT2D eigenvalue weighted by Gasteiger charge is -2.32. The van der Waals surface area contributed by atoms with E-state index in [0.29, 0.717) is 0 Å². The molecule has 2 unspecified atom stereocenters. The molecule has 0 aliphatic carbocycles. The summed E-state index contributed by atoms with van der Waals surface area (Å²) in [6.07, 6.45) is 1.27.